The Labute approximate surface area is 144 Å². The summed E-state index contributed by atoms with van der Waals surface area (Å²) in [5.74, 6) is -1.21. The van der Waals surface area contributed by atoms with Gasteiger partial charge in [-0.15, -0.1) is 4.28 Å². The molecule has 1 heterocycles. The van der Waals surface area contributed by atoms with Gasteiger partial charge in [-0.3, -0.25) is 4.79 Å². The van der Waals surface area contributed by atoms with Gasteiger partial charge >= 0.3 is 0 Å². The maximum Gasteiger partial charge on any atom is 0.285 e. The quantitative estimate of drug-likeness (QED) is 0.461. The summed E-state index contributed by atoms with van der Waals surface area (Å²) in [6, 6.07) is 12.0. The van der Waals surface area contributed by atoms with Gasteiger partial charge in [-0.1, -0.05) is 6.07 Å². The fraction of sp³-hybridized carbons (Fsp3) is 0.133. The number of hydroxylamine groups is 1. The van der Waals surface area contributed by atoms with Crippen LogP contribution >= 0.6 is 0 Å². The van der Waals surface area contributed by atoms with Crippen molar-refractivity contribution in [3.63, 3.8) is 0 Å². The third kappa shape index (κ3) is 4.66. The van der Waals surface area contributed by atoms with Crippen molar-refractivity contribution in [2.45, 2.75) is 6.92 Å². The molecule has 0 saturated heterocycles. The highest BCUT2D eigenvalue weighted by molar-refractivity contribution is 7.85. The van der Waals surface area contributed by atoms with Gasteiger partial charge in [-0.25, -0.2) is 5.48 Å². The molecule has 1 amide bonds. The predicted octanol–water partition coefficient (Wildman–Crippen LogP) is 0.593. The third-order valence-corrected chi connectivity index (χ3v) is 3.45. The molecule has 9 nitrogen and oxygen atoms in total. The van der Waals surface area contributed by atoms with Crippen LogP contribution in [0, 0.1) is 18.3 Å². The van der Waals surface area contributed by atoms with E-state index in [1.165, 1.54) is 6.07 Å². The maximum absolute atomic E-state index is 12.2. The highest BCUT2D eigenvalue weighted by atomic mass is 32.2. The lowest BCUT2D eigenvalue weighted by Gasteiger charge is -2.09. The van der Waals surface area contributed by atoms with E-state index in [0.717, 1.165) is 11.9 Å². The van der Waals surface area contributed by atoms with E-state index in [4.69, 9.17) is 11.0 Å². The van der Waals surface area contributed by atoms with Gasteiger partial charge in [-0.05, 0) is 37.3 Å². The van der Waals surface area contributed by atoms with Gasteiger partial charge in [0.1, 0.15) is 11.8 Å². The number of amides is 1. The molecular weight excluding hydrogens is 346 g/mol. The van der Waals surface area contributed by atoms with Gasteiger partial charge in [0, 0.05) is 16.9 Å². The van der Waals surface area contributed by atoms with E-state index in [-0.39, 0.29) is 5.56 Å². The Hall–Kier alpha value is -3.16. The summed E-state index contributed by atoms with van der Waals surface area (Å²) < 4.78 is 27.6. The fourth-order valence-corrected chi connectivity index (χ4v) is 2.30. The Kier molecular flexibility index (Phi) is 5.21. The minimum Gasteiger partial charge on any atom is -0.368 e. The average Bonchev–Trinajstić information content (AvgIpc) is 2.93. The standard InChI is InChI=1S/C15H15N5O4S/c1-10-6-7-13(9-16)20(10)12-5-3-4-11(8-12)14(21)18-15(17)19-24-25(2,22)23/h3-8H,1-2H3,(H3,17,18,19,21). The number of hydrogen-bond acceptors (Lipinski definition) is 5. The summed E-state index contributed by atoms with van der Waals surface area (Å²) in [6.07, 6.45) is 0.810. The SMILES string of the molecule is Cc1ccc(C#N)n1-c1cccc(C(=O)N=C(N)NOS(C)(=O)=O)c1. The maximum atomic E-state index is 12.2. The summed E-state index contributed by atoms with van der Waals surface area (Å²) >= 11 is 0. The molecule has 1 aromatic heterocycles. The van der Waals surface area contributed by atoms with Crippen molar-refractivity contribution in [1.82, 2.24) is 10.0 Å². The summed E-state index contributed by atoms with van der Waals surface area (Å²) in [5.41, 5.74) is 9.33. The molecule has 0 aliphatic heterocycles. The second kappa shape index (κ2) is 7.16. The first kappa shape index (κ1) is 18.2. The summed E-state index contributed by atoms with van der Waals surface area (Å²) in [5, 5.41) is 9.17. The Morgan fingerprint density at radius 2 is 2.08 bits per heavy atom. The van der Waals surface area contributed by atoms with Gasteiger partial charge < -0.3 is 10.3 Å². The second-order valence-electron chi connectivity index (χ2n) is 5.05. The largest absolute Gasteiger partial charge is 0.368 e. The van der Waals surface area contributed by atoms with Crippen LogP contribution in [0.5, 0.6) is 0 Å². The number of aromatic nitrogens is 1. The third-order valence-electron chi connectivity index (χ3n) is 3.06. The Morgan fingerprint density at radius 1 is 1.36 bits per heavy atom. The van der Waals surface area contributed by atoms with Gasteiger partial charge in [0.15, 0.2) is 0 Å². The van der Waals surface area contributed by atoms with Crippen LogP contribution in [0.25, 0.3) is 5.69 Å². The van der Waals surface area contributed by atoms with E-state index in [2.05, 4.69) is 15.3 Å². The van der Waals surface area contributed by atoms with Crippen LogP contribution in [0.15, 0.2) is 41.4 Å². The lowest BCUT2D eigenvalue weighted by atomic mass is 10.2. The Balaban J connectivity index is 2.28. The van der Waals surface area contributed by atoms with Crippen LogP contribution < -0.4 is 11.2 Å². The second-order valence-corrected chi connectivity index (χ2v) is 6.62. The molecule has 0 spiro atoms. The van der Waals surface area contributed by atoms with Gasteiger partial charge in [0.25, 0.3) is 16.0 Å². The molecule has 0 fully saturated rings. The molecule has 25 heavy (non-hydrogen) atoms. The van der Waals surface area contributed by atoms with Gasteiger partial charge in [0.2, 0.25) is 5.96 Å². The van der Waals surface area contributed by atoms with Crippen molar-refractivity contribution in [1.29, 1.82) is 5.26 Å². The number of aryl methyl sites for hydroxylation is 1. The molecule has 0 aliphatic rings. The Morgan fingerprint density at radius 3 is 2.72 bits per heavy atom. The molecule has 0 bridgehead atoms. The minimum atomic E-state index is -3.79. The Bertz CT molecular complexity index is 986. The first-order valence-electron chi connectivity index (χ1n) is 6.93. The van der Waals surface area contributed by atoms with Crippen molar-refractivity contribution in [3.8, 4) is 11.8 Å². The van der Waals surface area contributed by atoms with Crippen LogP contribution in [-0.4, -0.2) is 31.1 Å². The van der Waals surface area contributed by atoms with E-state index < -0.39 is 22.0 Å². The molecule has 1 aromatic carbocycles. The van der Waals surface area contributed by atoms with E-state index in [1.54, 1.807) is 34.9 Å². The number of guanidine groups is 1. The van der Waals surface area contributed by atoms with E-state index in [1.807, 2.05) is 12.4 Å². The smallest absolute Gasteiger partial charge is 0.285 e. The fourth-order valence-electron chi connectivity index (χ4n) is 2.06. The number of carbonyl (C=O) groups excluding carboxylic acids is 1. The molecular formula is C15H15N5O4S. The highest BCUT2D eigenvalue weighted by Crippen LogP contribution is 2.18. The number of hydrogen-bond donors (Lipinski definition) is 2. The predicted molar refractivity (Wildman–Crippen MR) is 90.2 cm³/mol. The van der Waals surface area contributed by atoms with E-state index in [9.17, 15) is 13.2 Å². The molecule has 0 aliphatic carbocycles. The van der Waals surface area contributed by atoms with E-state index >= 15 is 0 Å². The monoisotopic (exact) mass is 361 g/mol. The lowest BCUT2D eigenvalue weighted by molar-refractivity contribution is 0.100. The lowest BCUT2D eigenvalue weighted by Crippen LogP contribution is -2.34. The topological polar surface area (TPSA) is 140 Å². The van der Waals surface area contributed by atoms with Gasteiger partial charge in [0.05, 0.1) is 6.26 Å². The molecule has 0 saturated carbocycles. The molecule has 2 rings (SSSR count). The molecule has 0 unspecified atom stereocenters. The summed E-state index contributed by atoms with van der Waals surface area (Å²) in [6.45, 7) is 1.83. The summed E-state index contributed by atoms with van der Waals surface area (Å²) in [7, 11) is -3.79. The summed E-state index contributed by atoms with van der Waals surface area (Å²) in [4.78, 5) is 15.7. The molecule has 130 valence electrons. The zero-order valence-electron chi connectivity index (χ0n) is 13.4. The number of nitrogens with two attached hydrogens (primary N) is 1. The number of carbonyl (C=O) groups is 1. The first-order chi connectivity index (χ1) is 11.7. The normalized spacial score (nSPS) is 11.8. The van der Waals surface area contributed by atoms with Gasteiger partial charge in [-0.2, -0.15) is 18.7 Å². The number of nitriles is 1. The van der Waals surface area contributed by atoms with Crippen LogP contribution in [0.3, 0.4) is 0 Å². The number of nitrogens with zero attached hydrogens (tertiary/aromatic N) is 3. The van der Waals surface area contributed by atoms with Crippen molar-refractivity contribution < 1.29 is 17.5 Å². The number of nitrogens with one attached hydrogen (secondary N) is 1. The molecule has 2 aromatic rings. The van der Waals surface area contributed by atoms with E-state index in [0.29, 0.717) is 11.4 Å². The van der Waals surface area contributed by atoms with Crippen molar-refractivity contribution in [2.75, 3.05) is 6.26 Å². The number of benzene rings is 1. The minimum absolute atomic E-state index is 0.207. The zero-order valence-corrected chi connectivity index (χ0v) is 14.2. The van der Waals surface area contributed by atoms with Crippen molar-refractivity contribution in [2.24, 2.45) is 10.7 Å². The number of rotatable bonds is 4. The highest BCUT2D eigenvalue weighted by Gasteiger charge is 2.11. The van der Waals surface area contributed by atoms with Crippen molar-refractivity contribution >= 4 is 22.0 Å². The molecule has 0 radical (unpaired) electrons. The van der Waals surface area contributed by atoms with Crippen LogP contribution in [-0.2, 0) is 14.4 Å². The first-order valence-corrected chi connectivity index (χ1v) is 8.75. The molecule has 10 heteroatoms. The van der Waals surface area contributed by atoms with Crippen LogP contribution in [0.4, 0.5) is 0 Å². The average molecular weight is 361 g/mol. The molecule has 3 N–H and O–H groups in total. The van der Waals surface area contributed by atoms with Crippen LogP contribution in [0.1, 0.15) is 21.7 Å². The number of aliphatic imine (C=N–C) groups is 1. The zero-order chi connectivity index (χ0) is 18.6. The molecule has 0 atom stereocenters. The van der Waals surface area contributed by atoms with Crippen LogP contribution in [0.2, 0.25) is 0 Å². The van der Waals surface area contributed by atoms with Crippen molar-refractivity contribution in [3.05, 3.63) is 53.3 Å².